The van der Waals surface area contributed by atoms with Gasteiger partial charge in [-0.15, -0.1) is 0 Å². The topological polar surface area (TPSA) is 66.5 Å². The van der Waals surface area contributed by atoms with E-state index in [1.807, 2.05) is 6.92 Å². The van der Waals surface area contributed by atoms with Gasteiger partial charge in [0, 0.05) is 19.0 Å². The summed E-state index contributed by atoms with van der Waals surface area (Å²) in [6.45, 7) is 2.31. The standard InChI is InChI=1S/C19H20F2N2O3S/c1-2-8-23-18(24)7-6-14-10-16(11-17(21)19(14)23)22-27(25,26)12-13-4-3-5-15(20)9-13/h3-5,9-11,22H,2,6-8,12H2,1H3. The molecule has 1 heterocycles. The van der Waals surface area contributed by atoms with Crippen LogP contribution in [0.15, 0.2) is 36.4 Å². The molecule has 27 heavy (non-hydrogen) atoms. The number of benzene rings is 2. The Kier molecular flexibility index (Phi) is 5.46. The van der Waals surface area contributed by atoms with E-state index in [1.165, 1.54) is 23.1 Å². The summed E-state index contributed by atoms with van der Waals surface area (Å²) in [5.74, 6) is -1.73. The lowest BCUT2D eigenvalue weighted by Crippen LogP contribution is -2.36. The van der Waals surface area contributed by atoms with Gasteiger partial charge in [-0.3, -0.25) is 9.52 Å². The van der Waals surface area contributed by atoms with Crippen LogP contribution in [0.3, 0.4) is 0 Å². The van der Waals surface area contributed by atoms with Crippen molar-refractivity contribution in [2.75, 3.05) is 16.2 Å². The number of carbonyl (C=O) groups is 1. The lowest BCUT2D eigenvalue weighted by atomic mass is 10.00. The Bertz CT molecular complexity index is 977. The van der Waals surface area contributed by atoms with Gasteiger partial charge in [-0.1, -0.05) is 19.1 Å². The second kappa shape index (κ2) is 7.64. The van der Waals surface area contributed by atoms with Crippen LogP contribution < -0.4 is 9.62 Å². The van der Waals surface area contributed by atoms with E-state index in [4.69, 9.17) is 0 Å². The maximum atomic E-state index is 14.7. The Morgan fingerprint density at radius 2 is 1.93 bits per heavy atom. The summed E-state index contributed by atoms with van der Waals surface area (Å²) in [4.78, 5) is 13.5. The number of rotatable bonds is 6. The fraction of sp³-hybridized carbons (Fsp3) is 0.316. The van der Waals surface area contributed by atoms with Gasteiger partial charge in [0.15, 0.2) is 0 Å². The highest BCUT2D eigenvalue weighted by molar-refractivity contribution is 7.91. The zero-order chi connectivity index (χ0) is 19.6. The maximum Gasteiger partial charge on any atom is 0.236 e. The number of hydrogen-bond donors (Lipinski definition) is 1. The molecule has 0 unspecified atom stereocenters. The average molecular weight is 394 g/mol. The van der Waals surface area contributed by atoms with E-state index in [-0.39, 0.29) is 23.7 Å². The molecule has 1 N–H and O–H groups in total. The van der Waals surface area contributed by atoms with Crippen molar-refractivity contribution in [3.05, 3.63) is 59.2 Å². The molecule has 0 bridgehead atoms. The van der Waals surface area contributed by atoms with Crippen molar-refractivity contribution >= 4 is 27.3 Å². The van der Waals surface area contributed by atoms with Crippen molar-refractivity contribution in [3.63, 3.8) is 0 Å². The molecule has 0 saturated heterocycles. The number of carbonyl (C=O) groups excluding carboxylic acids is 1. The van der Waals surface area contributed by atoms with E-state index in [0.29, 0.717) is 30.5 Å². The van der Waals surface area contributed by atoms with E-state index in [2.05, 4.69) is 4.72 Å². The number of fused-ring (bicyclic) bond motifs is 1. The summed E-state index contributed by atoms with van der Waals surface area (Å²) in [6, 6.07) is 7.93. The van der Waals surface area contributed by atoms with Crippen LogP contribution >= 0.6 is 0 Å². The Hall–Kier alpha value is -2.48. The molecule has 0 atom stereocenters. The summed E-state index contributed by atoms with van der Waals surface area (Å²) < 4.78 is 55.0. The van der Waals surface area contributed by atoms with Crippen LogP contribution in [0.5, 0.6) is 0 Å². The zero-order valence-corrected chi connectivity index (χ0v) is 15.7. The molecule has 2 aromatic rings. The first-order chi connectivity index (χ1) is 12.8. The average Bonchev–Trinajstić information content (AvgIpc) is 2.56. The number of anilines is 2. The second-order valence-electron chi connectivity index (χ2n) is 6.50. The van der Waals surface area contributed by atoms with Crippen LogP contribution in [0.2, 0.25) is 0 Å². The monoisotopic (exact) mass is 394 g/mol. The summed E-state index contributed by atoms with van der Waals surface area (Å²) in [6.07, 6.45) is 1.29. The van der Waals surface area contributed by atoms with Crippen LogP contribution in [0, 0.1) is 11.6 Å². The molecule has 1 aliphatic heterocycles. The highest BCUT2D eigenvalue weighted by atomic mass is 32.2. The first-order valence-corrected chi connectivity index (χ1v) is 10.3. The van der Waals surface area contributed by atoms with Crippen molar-refractivity contribution in [2.24, 2.45) is 0 Å². The number of sulfonamides is 1. The maximum absolute atomic E-state index is 14.7. The molecule has 1 aliphatic rings. The Morgan fingerprint density at radius 3 is 2.63 bits per heavy atom. The van der Waals surface area contributed by atoms with E-state index in [1.54, 1.807) is 6.07 Å². The Morgan fingerprint density at radius 1 is 1.15 bits per heavy atom. The molecule has 0 spiro atoms. The molecule has 1 amide bonds. The van der Waals surface area contributed by atoms with Gasteiger partial charge < -0.3 is 4.90 Å². The van der Waals surface area contributed by atoms with Crippen LogP contribution in [0.25, 0.3) is 0 Å². The summed E-state index contributed by atoms with van der Waals surface area (Å²) in [5, 5.41) is 0. The number of hydrogen-bond acceptors (Lipinski definition) is 3. The fourth-order valence-corrected chi connectivity index (χ4v) is 4.40. The minimum absolute atomic E-state index is 0.0912. The van der Waals surface area contributed by atoms with Gasteiger partial charge >= 0.3 is 0 Å². The van der Waals surface area contributed by atoms with Crippen molar-refractivity contribution < 1.29 is 22.0 Å². The molecule has 0 radical (unpaired) electrons. The lowest BCUT2D eigenvalue weighted by molar-refractivity contribution is -0.118. The summed E-state index contributed by atoms with van der Waals surface area (Å²) >= 11 is 0. The fourth-order valence-electron chi connectivity index (χ4n) is 3.23. The van der Waals surface area contributed by atoms with Gasteiger partial charge in [-0.05, 0) is 42.2 Å². The van der Waals surface area contributed by atoms with Crippen LogP contribution in [0.1, 0.15) is 30.9 Å². The predicted octanol–water partition coefficient (Wildman–Crippen LogP) is 3.60. The number of nitrogens with zero attached hydrogens (tertiary/aromatic N) is 1. The van der Waals surface area contributed by atoms with Crippen LogP contribution in [-0.4, -0.2) is 20.9 Å². The smallest absolute Gasteiger partial charge is 0.236 e. The zero-order valence-electron chi connectivity index (χ0n) is 14.8. The summed E-state index contributed by atoms with van der Waals surface area (Å²) in [7, 11) is -3.85. The summed E-state index contributed by atoms with van der Waals surface area (Å²) in [5.41, 5.74) is 1.20. The molecule has 0 aromatic heterocycles. The van der Waals surface area contributed by atoms with E-state index < -0.39 is 27.4 Å². The SMILES string of the molecule is CCCN1C(=O)CCc2cc(NS(=O)(=O)Cc3cccc(F)c3)cc(F)c21. The highest BCUT2D eigenvalue weighted by Crippen LogP contribution is 2.34. The third kappa shape index (κ3) is 4.44. The van der Waals surface area contributed by atoms with E-state index in [9.17, 15) is 22.0 Å². The molecule has 0 saturated carbocycles. The van der Waals surface area contributed by atoms with E-state index in [0.717, 1.165) is 12.1 Å². The van der Waals surface area contributed by atoms with Crippen molar-refractivity contribution in [3.8, 4) is 0 Å². The third-order valence-corrected chi connectivity index (χ3v) is 5.55. The van der Waals surface area contributed by atoms with E-state index >= 15 is 0 Å². The number of halogens is 2. The van der Waals surface area contributed by atoms with Gasteiger partial charge in [0.1, 0.15) is 11.6 Å². The Labute approximate surface area is 157 Å². The van der Waals surface area contributed by atoms with Gasteiger partial charge in [-0.25, -0.2) is 17.2 Å². The molecular weight excluding hydrogens is 374 g/mol. The normalized spacial score (nSPS) is 14.2. The van der Waals surface area contributed by atoms with Gasteiger partial charge in [0.25, 0.3) is 0 Å². The highest BCUT2D eigenvalue weighted by Gasteiger charge is 2.27. The number of nitrogens with one attached hydrogen (secondary N) is 1. The molecule has 8 heteroatoms. The van der Waals surface area contributed by atoms with Crippen LogP contribution in [0.4, 0.5) is 20.2 Å². The van der Waals surface area contributed by atoms with Gasteiger partial charge in [0.05, 0.1) is 17.1 Å². The Balaban J connectivity index is 1.86. The molecular formula is C19H20F2N2O3S. The molecule has 144 valence electrons. The third-order valence-electron chi connectivity index (χ3n) is 4.29. The predicted molar refractivity (Wildman–Crippen MR) is 100 cm³/mol. The molecule has 2 aromatic carbocycles. The van der Waals surface area contributed by atoms with Crippen molar-refractivity contribution in [2.45, 2.75) is 31.9 Å². The first-order valence-electron chi connectivity index (χ1n) is 8.67. The number of amides is 1. The minimum Gasteiger partial charge on any atom is -0.309 e. The van der Waals surface area contributed by atoms with Crippen molar-refractivity contribution in [1.82, 2.24) is 0 Å². The van der Waals surface area contributed by atoms with Crippen LogP contribution in [-0.2, 0) is 27.0 Å². The molecule has 5 nitrogen and oxygen atoms in total. The second-order valence-corrected chi connectivity index (χ2v) is 8.22. The lowest BCUT2D eigenvalue weighted by Gasteiger charge is -2.30. The molecule has 0 fully saturated rings. The van der Waals surface area contributed by atoms with Crippen molar-refractivity contribution in [1.29, 1.82) is 0 Å². The first kappa shape index (κ1) is 19.3. The molecule has 0 aliphatic carbocycles. The minimum atomic E-state index is -3.85. The molecule has 3 rings (SSSR count). The number of aryl methyl sites for hydroxylation is 1. The van der Waals surface area contributed by atoms with Gasteiger partial charge in [0.2, 0.25) is 15.9 Å². The quantitative estimate of drug-likeness (QED) is 0.814. The van der Waals surface area contributed by atoms with Gasteiger partial charge in [-0.2, -0.15) is 0 Å². The largest absolute Gasteiger partial charge is 0.309 e.